The predicted molar refractivity (Wildman–Crippen MR) is 81.1 cm³/mol. The topological polar surface area (TPSA) is 29.3 Å². The second-order valence-corrected chi connectivity index (χ2v) is 7.57. The van der Waals surface area contributed by atoms with E-state index in [1.54, 1.807) is 0 Å². The van der Waals surface area contributed by atoms with Gasteiger partial charge in [0.2, 0.25) is 0 Å². The Labute approximate surface area is 119 Å². The van der Waals surface area contributed by atoms with Crippen LogP contribution in [0.1, 0.15) is 70.6 Å². The van der Waals surface area contributed by atoms with Gasteiger partial charge in [0.25, 0.3) is 0 Å². The lowest BCUT2D eigenvalue weighted by Crippen LogP contribution is -2.47. The first kappa shape index (κ1) is 13.9. The predicted octanol–water partition coefficient (Wildman–Crippen LogP) is 3.55. The Morgan fingerprint density at radius 3 is 2.16 bits per heavy atom. The summed E-state index contributed by atoms with van der Waals surface area (Å²) in [7, 11) is 0. The number of likely N-dealkylation sites (tertiary alicyclic amines) is 1. The minimum atomic E-state index is 0.443. The number of nitrogens with zero attached hydrogens (tertiary/aromatic N) is 1. The van der Waals surface area contributed by atoms with Crippen molar-refractivity contribution in [3.8, 4) is 0 Å². The lowest BCUT2D eigenvalue weighted by molar-refractivity contribution is 0.0950. The van der Waals surface area contributed by atoms with Gasteiger partial charge in [-0.3, -0.25) is 0 Å². The maximum atomic E-state index is 6.48. The number of hydrogen-bond acceptors (Lipinski definition) is 2. The van der Waals surface area contributed by atoms with Gasteiger partial charge >= 0.3 is 0 Å². The van der Waals surface area contributed by atoms with Crippen LogP contribution in [0.25, 0.3) is 0 Å². The Balaban J connectivity index is 1.43. The number of piperidine rings is 1. The van der Waals surface area contributed by atoms with Crippen molar-refractivity contribution in [2.45, 2.75) is 76.7 Å². The molecule has 19 heavy (non-hydrogen) atoms. The molecular formula is C17H32N2. The molecule has 0 aromatic heterocycles. The SMILES string of the molecule is NC(CN1CCC2(CCCC2)CC1)C1CCCCC1. The van der Waals surface area contributed by atoms with Crippen LogP contribution in [0, 0.1) is 11.3 Å². The maximum Gasteiger partial charge on any atom is 0.0196 e. The Morgan fingerprint density at radius 1 is 0.895 bits per heavy atom. The zero-order chi connectivity index (χ0) is 13.1. The minimum Gasteiger partial charge on any atom is -0.326 e. The van der Waals surface area contributed by atoms with Crippen molar-refractivity contribution in [1.29, 1.82) is 0 Å². The van der Waals surface area contributed by atoms with E-state index in [2.05, 4.69) is 4.90 Å². The van der Waals surface area contributed by atoms with E-state index in [0.717, 1.165) is 11.3 Å². The van der Waals surface area contributed by atoms with Gasteiger partial charge in [-0.05, 0) is 62.9 Å². The van der Waals surface area contributed by atoms with Crippen LogP contribution < -0.4 is 5.73 Å². The third kappa shape index (κ3) is 3.33. The first-order valence-corrected chi connectivity index (χ1v) is 8.75. The fourth-order valence-electron chi connectivity index (χ4n) is 4.84. The van der Waals surface area contributed by atoms with Gasteiger partial charge in [-0.15, -0.1) is 0 Å². The molecule has 3 rings (SSSR count). The molecule has 0 bridgehead atoms. The second-order valence-electron chi connectivity index (χ2n) is 7.57. The Bertz CT molecular complexity index is 267. The van der Waals surface area contributed by atoms with Crippen LogP contribution in [-0.4, -0.2) is 30.6 Å². The smallest absolute Gasteiger partial charge is 0.0196 e. The molecule has 0 aromatic carbocycles. The Hall–Kier alpha value is -0.0800. The van der Waals surface area contributed by atoms with Crippen LogP contribution in [0.15, 0.2) is 0 Å². The van der Waals surface area contributed by atoms with Crippen LogP contribution in [0.4, 0.5) is 0 Å². The van der Waals surface area contributed by atoms with Crippen molar-refractivity contribution >= 4 is 0 Å². The van der Waals surface area contributed by atoms with E-state index in [1.807, 2.05) is 0 Å². The molecule has 3 aliphatic rings. The molecule has 0 radical (unpaired) electrons. The maximum absolute atomic E-state index is 6.48. The van der Waals surface area contributed by atoms with Crippen molar-refractivity contribution in [3.63, 3.8) is 0 Å². The number of nitrogens with two attached hydrogens (primary N) is 1. The van der Waals surface area contributed by atoms with Crippen LogP contribution in [0.5, 0.6) is 0 Å². The third-order valence-corrected chi connectivity index (χ3v) is 6.31. The highest BCUT2D eigenvalue weighted by molar-refractivity contribution is 4.91. The summed E-state index contributed by atoms with van der Waals surface area (Å²) in [6, 6.07) is 0.443. The molecule has 2 saturated carbocycles. The molecule has 2 aliphatic carbocycles. The van der Waals surface area contributed by atoms with Gasteiger partial charge < -0.3 is 10.6 Å². The van der Waals surface area contributed by atoms with E-state index >= 15 is 0 Å². The van der Waals surface area contributed by atoms with E-state index in [9.17, 15) is 0 Å². The van der Waals surface area contributed by atoms with Gasteiger partial charge in [-0.1, -0.05) is 32.1 Å². The summed E-state index contributed by atoms with van der Waals surface area (Å²) in [6.07, 6.45) is 15.9. The summed E-state index contributed by atoms with van der Waals surface area (Å²) in [5, 5.41) is 0. The van der Waals surface area contributed by atoms with Crippen LogP contribution in [0.3, 0.4) is 0 Å². The Morgan fingerprint density at radius 2 is 1.53 bits per heavy atom. The standard InChI is InChI=1S/C17H32N2/c18-16(15-6-2-1-3-7-15)14-19-12-10-17(11-13-19)8-4-5-9-17/h15-16H,1-14,18H2. The van der Waals surface area contributed by atoms with E-state index in [4.69, 9.17) is 5.73 Å². The average Bonchev–Trinajstić information content (AvgIpc) is 2.91. The van der Waals surface area contributed by atoms with E-state index in [0.29, 0.717) is 6.04 Å². The first-order valence-electron chi connectivity index (χ1n) is 8.75. The number of hydrogen-bond donors (Lipinski definition) is 1. The average molecular weight is 264 g/mol. The molecule has 1 aliphatic heterocycles. The molecule has 0 aromatic rings. The summed E-state index contributed by atoms with van der Waals surface area (Å²) >= 11 is 0. The molecule has 110 valence electrons. The second kappa shape index (κ2) is 6.13. The van der Waals surface area contributed by atoms with Gasteiger partial charge in [-0.25, -0.2) is 0 Å². The largest absolute Gasteiger partial charge is 0.326 e. The highest BCUT2D eigenvalue weighted by Gasteiger charge is 2.37. The molecular weight excluding hydrogens is 232 g/mol. The molecule has 1 unspecified atom stereocenters. The fourth-order valence-corrected chi connectivity index (χ4v) is 4.84. The molecule has 3 fully saturated rings. The zero-order valence-corrected chi connectivity index (χ0v) is 12.6. The van der Waals surface area contributed by atoms with Crippen molar-refractivity contribution in [3.05, 3.63) is 0 Å². The molecule has 2 heteroatoms. The van der Waals surface area contributed by atoms with Crippen molar-refractivity contribution in [2.75, 3.05) is 19.6 Å². The summed E-state index contributed by atoms with van der Waals surface area (Å²) < 4.78 is 0. The lowest BCUT2D eigenvalue weighted by atomic mass is 9.76. The summed E-state index contributed by atoms with van der Waals surface area (Å²) in [6.45, 7) is 3.81. The third-order valence-electron chi connectivity index (χ3n) is 6.31. The molecule has 1 atom stereocenters. The van der Waals surface area contributed by atoms with Gasteiger partial charge in [0, 0.05) is 12.6 Å². The van der Waals surface area contributed by atoms with E-state index in [1.165, 1.54) is 90.3 Å². The molecule has 2 N–H and O–H groups in total. The van der Waals surface area contributed by atoms with E-state index < -0.39 is 0 Å². The van der Waals surface area contributed by atoms with E-state index in [-0.39, 0.29) is 0 Å². The Kier molecular flexibility index (Phi) is 4.48. The first-order chi connectivity index (χ1) is 9.27. The lowest BCUT2D eigenvalue weighted by Gasteiger charge is -2.41. The monoisotopic (exact) mass is 264 g/mol. The normalized spacial score (nSPS) is 30.8. The summed E-state index contributed by atoms with van der Waals surface area (Å²) in [4.78, 5) is 2.67. The highest BCUT2D eigenvalue weighted by atomic mass is 15.1. The van der Waals surface area contributed by atoms with Crippen molar-refractivity contribution < 1.29 is 0 Å². The van der Waals surface area contributed by atoms with Gasteiger partial charge in [0.05, 0.1) is 0 Å². The van der Waals surface area contributed by atoms with Crippen molar-refractivity contribution in [1.82, 2.24) is 4.90 Å². The van der Waals surface area contributed by atoms with Crippen molar-refractivity contribution in [2.24, 2.45) is 17.1 Å². The zero-order valence-electron chi connectivity index (χ0n) is 12.6. The molecule has 2 nitrogen and oxygen atoms in total. The van der Waals surface area contributed by atoms with Crippen LogP contribution in [0.2, 0.25) is 0 Å². The molecule has 0 amide bonds. The quantitative estimate of drug-likeness (QED) is 0.844. The van der Waals surface area contributed by atoms with Crippen LogP contribution >= 0.6 is 0 Å². The summed E-state index contributed by atoms with van der Waals surface area (Å²) in [5.41, 5.74) is 7.24. The highest BCUT2D eigenvalue weighted by Crippen LogP contribution is 2.46. The molecule has 1 spiro atoms. The van der Waals surface area contributed by atoms with Crippen LogP contribution in [-0.2, 0) is 0 Å². The van der Waals surface area contributed by atoms with Gasteiger partial charge in [0.1, 0.15) is 0 Å². The fraction of sp³-hybridized carbons (Fsp3) is 1.00. The molecule has 1 saturated heterocycles. The number of rotatable bonds is 3. The summed E-state index contributed by atoms with van der Waals surface area (Å²) in [5.74, 6) is 0.816. The minimum absolute atomic E-state index is 0.443. The van der Waals surface area contributed by atoms with Gasteiger partial charge in [-0.2, -0.15) is 0 Å². The molecule has 1 heterocycles. The van der Waals surface area contributed by atoms with Gasteiger partial charge in [0.15, 0.2) is 0 Å².